The van der Waals surface area contributed by atoms with Crippen LogP contribution in [0.2, 0.25) is 0 Å². The average molecular weight is 219 g/mol. The van der Waals surface area contributed by atoms with Gasteiger partial charge in [-0.1, -0.05) is 30.3 Å². The van der Waals surface area contributed by atoms with Crippen LogP contribution < -0.4 is 0 Å². The van der Waals surface area contributed by atoms with Crippen LogP contribution in [0.5, 0.6) is 0 Å². The summed E-state index contributed by atoms with van der Waals surface area (Å²) in [5.41, 5.74) is 1.40. The normalized spacial score (nSPS) is 25.2. The molecule has 16 heavy (non-hydrogen) atoms. The van der Waals surface area contributed by atoms with Gasteiger partial charge in [0.2, 0.25) is 0 Å². The van der Waals surface area contributed by atoms with E-state index < -0.39 is 0 Å². The summed E-state index contributed by atoms with van der Waals surface area (Å²) in [4.78, 5) is 6.06. The van der Waals surface area contributed by atoms with Crippen molar-refractivity contribution >= 4 is 0 Å². The molecule has 1 aromatic rings. The van der Waals surface area contributed by atoms with Gasteiger partial charge in [-0.05, 0) is 39.7 Å². The quantitative estimate of drug-likeness (QED) is 0.754. The van der Waals surface area contributed by atoms with Gasteiger partial charge in [0.15, 0.2) is 0 Å². The fourth-order valence-electron chi connectivity index (χ4n) is 2.53. The van der Waals surface area contributed by atoms with Gasteiger partial charge in [0.25, 0.3) is 0 Å². The molecule has 1 aliphatic heterocycles. The first-order valence-electron chi connectivity index (χ1n) is 6.02. The summed E-state index contributed by atoms with van der Waals surface area (Å²) in [5, 5.41) is 2.13. The molecule has 2 rings (SSSR count). The maximum atomic E-state index is 6.06. The Kier molecular flexibility index (Phi) is 3.04. The Hall–Kier alpha value is -0.860. The van der Waals surface area contributed by atoms with E-state index in [0.717, 1.165) is 6.42 Å². The highest BCUT2D eigenvalue weighted by molar-refractivity contribution is 5.19. The molecule has 1 atom stereocenters. The van der Waals surface area contributed by atoms with Gasteiger partial charge in [0.05, 0.1) is 0 Å². The lowest BCUT2D eigenvalue weighted by molar-refractivity contribution is -0.202. The predicted octanol–water partition coefficient (Wildman–Crippen LogP) is 3.55. The van der Waals surface area contributed by atoms with Gasteiger partial charge in [-0.25, -0.2) is 0 Å². The highest BCUT2D eigenvalue weighted by atomic mass is 16.7. The highest BCUT2D eigenvalue weighted by Crippen LogP contribution is 2.40. The smallest absolute Gasteiger partial charge is 0.106 e. The maximum Gasteiger partial charge on any atom is 0.106 e. The van der Waals surface area contributed by atoms with Crippen molar-refractivity contribution in [2.45, 2.75) is 51.8 Å². The first-order valence-corrected chi connectivity index (χ1v) is 6.02. The molecule has 88 valence electrons. The minimum atomic E-state index is 0.120. The summed E-state index contributed by atoms with van der Waals surface area (Å²) < 4.78 is 0. The van der Waals surface area contributed by atoms with Crippen molar-refractivity contribution in [3.8, 4) is 0 Å². The number of nitrogens with zero attached hydrogens (tertiary/aromatic N) is 1. The van der Waals surface area contributed by atoms with Crippen LogP contribution in [0.4, 0.5) is 0 Å². The third-order valence-electron chi connectivity index (χ3n) is 3.16. The van der Waals surface area contributed by atoms with E-state index in [1.165, 1.54) is 5.56 Å². The van der Waals surface area contributed by atoms with Crippen LogP contribution in [0.15, 0.2) is 30.3 Å². The van der Waals surface area contributed by atoms with Gasteiger partial charge in [-0.15, -0.1) is 0 Å². The summed E-state index contributed by atoms with van der Waals surface area (Å²) in [6, 6.07) is 10.9. The van der Waals surface area contributed by atoms with E-state index in [1.807, 2.05) is 6.07 Å². The van der Waals surface area contributed by atoms with Crippen molar-refractivity contribution in [3.05, 3.63) is 35.9 Å². The Morgan fingerprint density at radius 2 is 1.88 bits per heavy atom. The molecule has 0 amide bonds. The van der Waals surface area contributed by atoms with E-state index in [2.05, 4.69) is 57.0 Å². The van der Waals surface area contributed by atoms with E-state index in [-0.39, 0.29) is 11.6 Å². The molecule has 1 aromatic carbocycles. The second-order valence-electron chi connectivity index (χ2n) is 5.44. The van der Waals surface area contributed by atoms with Crippen LogP contribution in [0.1, 0.15) is 45.8 Å². The summed E-state index contributed by atoms with van der Waals surface area (Å²) in [6.07, 6.45) is 1.26. The van der Waals surface area contributed by atoms with Crippen LogP contribution in [0.3, 0.4) is 0 Å². The summed E-state index contributed by atoms with van der Waals surface area (Å²) in [6.45, 7) is 8.84. The zero-order valence-electron chi connectivity index (χ0n) is 10.6. The molecule has 1 saturated heterocycles. The van der Waals surface area contributed by atoms with Gasteiger partial charge in [0.1, 0.15) is 6.10 Å². The Morgan fingerprint density at radius 1 is 1.25 bits per heavy atom. The first kappa shape index (κ1) is 11.6. The zero-order valence-corrected chi connectivity index (χ0v) is 10.6. The number of hydroxylamine groups is 2. The molecule has 0 bridgehead atoms. The van der Waals surface area contributed by atoms with Crippen LogP contribution in [-0.4, -0.2) is 16.6 Å². The molecule has 0 N–H and O–H groups in total. The lowest BCUT2D eigenvalue weighted by atomic mass is 9.94. The van der Waals surface area contributed by atoms with E-state index >= 15 is 0 Å². The summed E-state index contributed by atoms with van der Waals surface area (Å²) >= 11 is 0. The molecule has 1 aliphatic rings. The molecule has 2 nitrogen and oxygen atoms in total. The topological polar surface area (TPSA) is 12.5 Å². The summed E-state index contributed by atoms with van der Waals surface area (Å²) in [7, 11) is 0. The number of rotatable bonds is 2. The lowest BCUT2D eigenvalue weighted by Crippen LogP contribution is -2.41. The Balaban J connectivity index is 2.18. The molecule has 0 radical (unpaired) electrons. The van der Waals surface area contributed by atoms with Crippen LogP contribution in [0, 0.1) is 0 Å². The molecular weight excluding hydrogens is 198 g/mol. The number of hydrogen-bond donors (Lipinski definition) is 0. The van der Waals surface area contributed by atoms with Crippen molar-refractivity contribution in [1.29, 1.82) is 0 Å². The number of hydrogen-bond acceptors (Lipinski definition) is 2. The van der Waals surface area contributed by atoms with Crippen LogP contribution in [-0.2, 0) is 4.84 Å². The van der Waals surface area contributed by atoms with E-state index in [9.17, 15) is 0 Å². The highest BCUT2D eigenvalue weighted by Gasteiger charge is 2.41. The van der Waals surface area contributed by atoms with E-state index in [1.54, 1.807) is 0 Å². The molecule has 0 spiro atoms. The van der Waals surface area contributed by atoms with Crippen molar-refractivity contribution in [3.63, 3.8) is 0 Å². The maximum absolute atomic E-state index is 6.06. The molecule has 2 heteroatoms. The SMILES string of the molecule is CC(C)N1OC(c2ccccc2)CC1(C)C. The first-order chi connectivity index (χ1) is 7.50. The fraction of sp³-hybridized carbons (Fsp3) is 0.571. The molecule has 1 heterocycles. The second-order valence-corrected chi connectivity index (χ2v) is 5.44. The minimum absolute atomic E-state index is 0.120. The second kappa shape index (κ2) is 4.19. The van der Waals surface area contributed by atoms with Gasteiger partial charge in [0, 0.05) is 11.6 Å². The van der Waals surface area contributed by atoms with Crippen molar-refractivity contribution in [2.75, 3.05) is 0 Å². The van der Waals surface area contributed by atoms with E-state index in [0.29, 0.717) is 6.04 Å². The Labute approximate surface area is 98.2 Å². The fourth-order valence-corrected chi connectivity index (χ4v) is 2.53. The van der Waals surface area contributed by atoms with Gasteiger partial charge < -0.3 is 0 Å². The van der Waals surface area contributed by atoms with Crippen LogP contribution in [0.25, 0.3) is 0 Å². The van der Waals surface area contributed by atoms with Gasteiger partial charge in [-0.2, -0.15) is 5.06 Å². The zero-order chi connectivity index (χ0) is 11.8. The molecule has 0 aromatic heterocycles. The van der Waals surface area contributed by atoms with Gasteiger partial charge in [-0.3, -0.25) is 4.84 Å². The van der Waals surface area contributed by atoms with Crippen molar-refractivity contribution in [1.82, 2.24) is 5.06 Å². The molecule has 0 aliphatic carbocycles. The predicted molar refractivity (Wildman–Crippen MR) is 65.9 cm³/mol. The van der Waals surface area contributed by atoms with Crippen molar-refractivity contribution < 1.29 is 4.84 Å². The third-order valence-corrected chi connectivity index (χ3v) is 3.16. The minimum Gasteiger partial charge on any atom is -0.290 e. The van der Waals surface area contributed by atoms with Gasteiger partial charge >= 0.3 is 0 Å². The molecule has 1 unspecified atom stereocenters. The molecular formula is C14H21NO. The number of benzene rings is 1. The van der Waals surface area contributed by atoms with E-state index in [4.69, 9.17) is 4.84 Å². The average Bonchev–Trinajstić information content (AvgIpc) is 2.56. The van der Waals surface area contributed by atoms with Crippen molar-refractivity contribution in [2.24, 2.45) is 0 Å². The largest absolute Gasteiger partial charge is 0.290 e. The Morgan fingerprint density at radius 3 is 2.38 bits per heavy atom. The summed E-state index contributed by atoms with van der Waals surface area (Å²) in [5.74, 6) is 0. The third kappa shape index (κ3) is 2.13. The van der Waals surface area contributed by atoms with Crippen LogP contribution >= 0.6 is 0 Å². The Bertz CT molecular complexity index is 345. The standard InChI is InChI=1S/C14H21NO/c1-11(2)15-14(3,4)10-13(16-15)12-8-6-5-7-9-12/h5-9,11,13H,10H2,1-4H3. The monoisotopic (exact) mass is 219 g/mol. The molecule has 1 fully saturated rings. The molecule has 0 saturated carbocycles. The lowest BCUT2D eigenvalue weighted by Gasteiger charge is -2.32.